The molecular formula is C27H26FN3O8. The number of halogens is 1. The Morgan fingerprint density at radius 1 is 0.897 bits per heavy atom. The number of nitrogens with one attached hydrogen (secondary N) is 2. The van der Waals surface area contributed by atoms with Crippen LogP contribution in [0.25, 0.3) is 0 Å². The normalized spacial score (nSPS) is 10.7. The van der Waals surface area contributed by atoms with Crippen LogP contribution in [0.15, 0.2) is 54.6 Å². The van der Waals surface area contributed by atoms with Crippen LogP contribution < -0.4 is 15.4 Å². The number of carbonyl (C=O) groups is 3. The Morgan fingerprint density at radius 3 is 2.15 bits per heavy atom. The summed E-state index contributed by atoms with van der Waals surface area (Å²) in [4.78, 5) is 47.6. The molecule has 39 heavy (non-hydrogen) atoms. The lowest BCUT2D eigenvalue weighted by atomic mass is 10.1. The van der Waals surface area contributed by atoms with E-state index in [1.54, 1.807) is 27.7 Å². The van der Waals surface area contributed by atoms with Gasteiger partial charge in [-0.05, 0) is 64.1 Å². The third-order valence-corrected chi connectivity index (χ3v) is 5.08. The first-order valence-corrected chi connectivity index (χ1v) is 11.8. The fourth-order valence-electron chi connectivity index (χ4n) is 3.38. The van der Waals surface area contributed by atoms with Crippen molar-refractivity contribution in [2.24, 2.45) is 0 Å². The number of nitro groups is 1. The van der Waals surface area contributed by atoms with E-state index in [9.17, 15) is 34.0 Å². The van der Waals surface area contributed by atoms with Crippen molar-refractivity contribution >= 4 is 34.8 Å². The second-order valence-electron chi connectivity index (χ2n) is 8.89. The van der Waals surface area contributed by atoms with E-state index < -0.39 is 45.5 Å². The number of aromatic hydroxyl groups is 1. The maximum atomic E-state index is 14.2. The molecule has 0 aliphatic carbocycles. The predicted molar refractivity (Wildman–Crippen MR) is 140 cm³/mol. The van der Waals surface area contributed by atoms with Crippen LogP contribution in [0, 0.1) is 15.9 Å². The summed E-state index contributed by atoms with van der Waals surface area (Å²) in [6.07, 6.45) is -0.607. The molecule has 0 aliphatic heterocycles. The van der Waals surface area contributed by atoms with Crippen LogP contribution in [-0.2, 0) is 4.74 Å². The van der Waals surface area contributed by atoms with Crippen LogP contribution >= 0.6 is 0 Å². The lowest BCUT2D eigenvalue weighted by Crippen LogP contribution is -2.17. The molecule has 2 amide bonds. The van der Waals surface area contributed by atoms with Crippen molar-refractivity contribution in [1.82, 2.24) is 0 Å². The number of phenolic OH excluding ortho intramolecular Hbond substituents is 1. The Bertz CT molecular complexity index is 1440. The Kier molecular flexibility index (Phi) is 8.81. The number of phenols is 1. The Labute approximate surface area is 222 Å². The number of carbonyl (C=O) groups excluding carboxylic acids is 3. The third-order valence-electron chi connectivity index (χ3n) is 5.08. The topological polar surface area (TPSA) is 157 Å². The number of esters is 1. The molecule has 3 rings (SSSR count). The number of hydrogen-bond acceptors (Lipinski definition) is 8. The second-order valence-corrected chi connectivity index (χ2v) is 8.89. The van der Waals surface area contributed by atoms with E-state index >= 15 is 0 Å². The van der Waals surface area contributed by atoms with Gasteiger partial charge in [0.25, 0.3) is 17.5 Å². The van der Waals surface area contributed by atoms with Gasteiger partial charge in [0.15, 0.2) is 0 Å². The van der Waals surface area contributed by atoms with E-state index in [0.29, 0.717) is 6.07 Å². The minimum absolute atomic E-state index is 0.0450. The molecule has 12 heteroatoms. The SMILES string of the molecule is CC(C)OC(=O)c1ccc(NC(=O)c2ccc(NC(=O)c3ccc([N+](=O)[O-])cc3F)cc2O)c(OC(C)C)c1. The lowest BCUT2D eigenvalue weighted by Gasteiger charge is -2.17. The fourth-order valence-corrected chi connectivity index (χ4v) is 3.38. The summed E-state index contributed by atoms with van der Waals surface area (Å²) < 4.78 is 25.1. The molecule has 3 aromatic carbocycles. The van der Waals surface area contributed by atoms with Crippen molar-refractivity contribution in [3.63, 3.8) is 0 Å². The zero-order chi connectivity index (χ0) is 28.9. The highest BCUT2D eigenvalue weighted by Gasteiger charge is 2.20. The number of hydrogen-bond donors (Lipinski definition) is 3. The van der Waals surface area contributed by atoms with Gasteiger partial charge in [-0.2, -0.15) is 0 Å². The van der Waals surface area contributed by atoms with Crippen LogP contribution in [0.1, 0.15) is 58.8 Å². The van der Waals surface area contributed by atoms with Crippen LogP contribution in [0.3, 0.4) is 0 Å². The highest BCUT2D eigenvalue weighted by molar-refractivity contribution is 6.08. The number of anilines is 2. The van der Waals surface area contributed by atoms with E-state index in [1.165, 1.54) is 30.3 Å². The fraction of sp³-hybridized carbons (Fsp3) is 0.222. The van der Waals surface area contributed by atoms with Gasteiger partial charge in [0.2, 0.25) is 0 Å². The highest BCUT2D eigenvalue weighted by Crippen LogP contribution is 2.30. The molecule has 3 aromatic rings. The number of rotatable bonds is 9. The molecule has 11 nitrogen and oxygen atoms in total. The summed E-state index contributed by atoms with van der Waals surface area (Å²) in [7, 11) is 0. The number of amides is 2. The van der Waals surface area contributed by atoms with Gasteiger partial charge in [-0.25, -0.2) is 9.18 Å². The van der Waals surface area contributed by atoms with Gasteiger partial charge in [0.1, 0.15) is 17.3 Å². The molecule has 0 saturated carbocycles. The summed E-state index contributed by atoms with van der Waals surface area (Å²) in [5.41, 5.74) is -0.591. The van der Waals surface area contributed by atoms with E-state index in [1.807, 2.05) is 0 Å². The number of non-ortho nitro benzene ring substituents is 1. The largest absolute Gasteiger partial charge is 0.507 e. The van der Waals surface area contributed by atoms with Crippen LogP contribution in [0.2, 0.25) is 0 Å². The van der Waals surface area contributed by atoms with Crippen molar-refractivity contribution in [1.29, 1.82) is 0 Å². The van der Waals surface area contributed by atoms with Crippen molar-refractivity contribution in [2.75, 3.05) is 10.6 Å². The minimum Gasteiger partial charge on any atom is -0.507 e. The zero-order valence-corrected chi connectivity index (χ0v) is 21.5. The molecule has 0 aliphatic rings. The average molecular weight is 540 g/mol. The molecule has 0 aromatic heterocycles. The van der Waals surface area contributed by atoms with Crippen molar-refractivity contribution < 1.29 is 38.3 Å². The van der Waals surface area contributed by atoms with E-state index in [0.717, 1.165) is 18.2 Å². The third kappa shape index (κ3) is 7.28. The van der Waals surface area contributed by atoms with Gasteiger partial charge in [-0.3, -0.25) is 19.7 Å². The molecule has 0 spiro atoms. The van der Waals surface area contributed by atoms with E-state index in [4.69, 9.17) is 9.47 Å². The Morgan fingerprint density at radius 2 is 1.56 bits per heavy atom. The van der Waals surface area contributed by atoms with Crippen molar-refractivity contribution in [3.05, 3.63) is 87.2 Å². The van der Waals surface area contributed by atoms with Gasteiger partial charge in [0.05, 0.1) is 45.6 Å². The van der Waals surface area contributed by atoms with Gasteiger partial charge in [-0.15, -0.1) is 0 Å². The van der Waals surface area contributed by atoms with Crippen LogP contribution in [0.4, 0.5) is 21.5 Å². The summed E-state index contributed by atoms with van der Waals surface area (Å²) in [6.45, 7) is 6.97. The highest BCUT2D eigenvalue weighted by atomic mass is 19.1. The van der Waals surface area contributed by atoms with Gasteiger partial charge < -0.3 is 25.2 Å². The Balaban J connectivity index is 1.78. The smallest absolute Gasteiger partial charge is 0.338 e. The molecule has 0 heterocycles. The minimum atomic E-state index is -1.09. The maximum Gasteiger partial charge on any atom is 0.338 e. The standard InChI is InChI=1S/C27H26FN3O8/c1-14(2)38-24-11-16(27(35)39-15(3)4)5-10-22(24)30-26(34)20-8-6-17(12-23(20)32)29-25(33)19-9-7-18(31(36)37)13-21(19)28/h5-15,32H,1-4H3,(H,29,33)(H,30,34). The first-order valence-electron chi connectivity index (χ1n) is 11.8. The average Bonchev–Trinajstić information content (AvgIpc) is 2.84. The van der Waals surface area contributed by atoms with Crippen LogP contribution in [0.5, 0.6) is 11.5 Å². The van der Waals surface area contributed by atoms with Crippen molar-refractivity contribution in [2.45, 2.75) is 39.9 Å². The van der Waals surface area contributed by atoms with E-state index in [2.05, 4.69) is 10.6 Å². The Hall–Kier alpha value is -5.00. The quantitative estimate of drug-likeness (QED) is 0.188. The number of nitrogens with zero attached hydrogens (tertiary/aromatic N) is 1. The lowest BCUT2D eigenvalue weighted by molar-refractivity contribution is -0.385. The van der Waals surface area contributed by atoms with Gasteiger partial charge >= 0.3 is 5.97 Å². The first kappa shape index (κ1) is 28.6. The molecule has 0 radical (unpaired) electrons. The predicted octanol–water partition coefficient (Wildman–Crippen LogP) is 5.30. The molecule has 204 valence electrons. The number of nitro benzene ring substituents is 1. The molecular weight excluding hydrogens is 513 g/mol. The molecule has 0 saturated heterocycles. The van der Waals surface area contributed by atoms with Crippen LogP contribution in [-0.4, -0.2) is 40.0 Å². The monoisotopic (exact) mass is 539 g/mol. The molecule has 0 fully saturated rings. The molecule has 0 unspecified atom stereocenters. The maximum absolute atomic E-state index is 14.2. The summed E-state index contributed by atoms with van der Waals surface area (Å²) in [6, 6.07) is 10.6. The number of benzene rings is 3. The van der Waals surface area contributed by atoms with Gasteiger partial charge in [-0.1, -0.05) is 0 Å². The van der Waals surface area contributed by atoms with Gasteiger partial charge in [0, 0.05) is 17.8 Å². The molecule has 0 bridgehead atoms. The van der Waals surface area contributed by atoms with Crippen molar-refractivity contribution in [3.8, 4) is 11.5 Å². The molecule has 3 N–H and O–H groups in total. The van der Waals surface area contributed by atoms with E-state index in [-0.39, 0.29) is 40.5 Å². The summed E-state index contributed by atoms with van der Waals surface area (Å²) in [5, 5.41) is 26.2. The first-order chi connectivity index (χ1) is 18.3. The second kappa shape index (κ2) is 12.0. The molecule has 0 atom stereocenters. The zero-order valence-electron chi connectivity index (χ0n) is 21.5. The summed E-state index contributed by atoms with van der Waals surface area (Å²) >= 11 is 0. The summed E-state index contributed by atoms with van der Waals surface area (Å²) in [5.74, 6) is -3.54. The number of ether oxygens (including phenoxy) is 2.